The molecule has 0 amide bonds. The number of hydrogen-bond acceptors (Lipinski definition) is 9. The molecule has 9 heteroatoms. The Kier molecular flexibility index (Phi) is 9.13. The van der Waals surface area contributed by atoms with E-state index in [0.717, 1.165) is 6.26 Å². The molecule has 0 aromatic heterocycles. The second kappa shape index (κ2) is 10.00. The van der Waals surface area contributed by atoms with Gasteiger partial charge in [0.15, 0.2) is 6.29 Å². The molecule has 0 fully saturated rings. The van der Waals surface area contributed by atoms with Gasteiger partial charge in [0.25, 0.3) is 0 Å². The molecule has 0 rings (SSSR count). The Labute approximate surface area is 120 Å². The SMILES string of the molecule is C=COC(=O)CCC(=O)OC[C@@H](O)[C@H](O)[C@H](O)[C@@H](O)C=O. The molecule has 0 aliphatic rings. The maximum absolute atomic E-state index is 11.2. The molecule has 120 valence electrons. The van der Waals surface area contributed by atoms with Crippen molar-refractivity contribution in [3.05, 3.63) is 12.8 Å². The van der Waals surface area contributed by atoms with Crippen LogP contribution in [0.4, 0.5) is 0 Å². The normalized spacial score (nSPS) is 16.2. The van der Waals surface area contributed by atoms with Crippen molar-refractivity contribution >= 4 is 18.2 Å². The summed E-state index contributed by atoms with van der Waals surface area (Å²) in [6, 6.07) is 0. The quantitative estimate of drug-likeness (QED) is 0.197. The Balaban J connectivity index is 4.08. The summed E-state index contributed by atoms with van der Waals surface area (Å²) in [5, 5.41) is 37.0. The van der Waals surface area contributed by atoms with Gasteiger partial charge >= 0.3 is 11.9 Å². The van der Waals surface area contributed by atoms with Crippen LogP contribution in [0.5, 0.6) is 0 Å². The van der Waals surface area contributed by atoms with Crippen LogP contribution < -0.4 is 0 Å². The predicted molar refractivity (Wildman–Crippen MR) is 66.6 cm³/mol. The Bertz CT molecular complexity index is 368. The van der Waals surface area contributed by atoms with Gasteiger partial charge in [0, 0.05) is 0 Å². The van der Waals surface area contributed by atoms with Crippen LogP contribution in [0.25, 0.3) is 0 Å². The summed E-state index contributed by atoms with van der Waals surface area (Å²) in [4.78, 5) is 32.3. The lowest BCUT2D eigenvalue weighted by Gasteiger charge is -2.23. The molecule has 21 heavy (non-hydrogen) atoms. The van der Waals surface area contributed by atoms with Crippen LogP contribution >= 0.6 is 0 Å². The van der Waals surface area contributed by atoms with E-state index < -0.39 is 43.0 Å². The van der Waals surface area contributed by atoms with Crippen molar-refractivity contribution in [1.29, 1.82) is 0 Å². The van der Waals surface area contributed by atoms with Gasteiger partial charge in [0.2, 0.25) is 0 Å². The number of ether oxygens (including phenoxy) is 2. The van der Waals surface area contributed by atoms with Crippen LogP contribution in [0.1, 0.15) is 12.8 Å². The second-order valence-corrected chi connectivity index (χ2v) is 4.01. The Hall–Kier alpha value is -1.81. The lowest BCUT2D eigenvalue weighted by atomic mass is 10.0. The van der Waals surface area contributed by atoms with Crippen molar-refractivity contribution in [2.24, 2.45) is 0 Å². The lowest BCUT2D eigenvalue weighted by Crippen LogP contribution is -2.46. The number of aldehydes is 1. The van der Waals surface area contributed by atoms with Crippen molar-refractivity contribution in [2.75, 3.05) is 6.61 Å². The maximum Gasteiger partial charge on any atom is 0.311 e. The Morgan fingerprint density at radius 1 is 1.05 bits per heavy atom. The molecule has 0 unspecified atom stereocenters. The molecule has 0 heterocycles. The van der Waals surface area contributed by atoms with Gasteiger partial charge in [-0.15, -0.1) is 0 Å². The number of carbonyl (C=O) groups is 3. The minimum atomic E-state index is -1.92. The number of carbonyl (C=O) groups excluding carboxylic acids is 3. The van der Waals surface area contributed by atoms with Gasteiger partial charge in [-0.3, -0.25) is 9.59 Å². The van der Waals surface area contributed by atoms with E-state index in [1.807, 2.05) is 0 Å². The number of aliphatic hydroxyl groups excluding tert-OH is 4. The third-order valence-corrected chi connectivity index (χ3v) is 2.40. The van der Waals surface area contributed by atoms with Gasteiger partial charge in [-0.2, -0.15) is 0 Å². The van der Waals surface area contributed by atoms with Crippen LogP contribution in [0.15, 0.2) is 12.8 Å². The molecule has 0 aromatic carbocycles. The number of hydrogen-bond donors (Lipinski definition) is 4. The maximum atomic E-state index is 11.2. The minimum absolute atomic E-state index is 0.0160. The van der Waals surface area contributed by atoms with Crippen molar-refractivity contribution in [1.82, 2.24) is 0 Å². The third kappa shape index (κ3) is 7.51. The first-order valence-electron chi connectivity index (χ1n) is 5.97. The smallest absolute Gasteiger partial charge is 0.311 e. The average molecular weight is 306 g/mol. The summed E-state index contributed by atoms with van der Waals surface area (Å²) in [5.74, 6) is -1.53. The van der Waals surface area contributed by atoms with Crippen molar-refractivity contribution < 1.29 is 44.3 Å². The standard InChI is InChI=1S/C12H18O9/c1-2-20-9(16)3-4-10(17)21-6-8(15)12(19)11(18)7(14)5-13/h2,5,7-8,11-12,14-15,18-19H,1,3-4,6H2/t7-,8+,11+,12-/m0/s1. The summed E-state index contributed by atoms with van der Waals surface area (Å²) in [6.45, 7) is 2.47. The van der Waals surface area contributed by atoms with Crippen LogP contribution in [0, 0.1) is 0 Å². The largest absolute Gasteiger partial charge is 0.463 e. The van der Waals surface area contributed by atoms with Crippen molar-refractivity contribution in [2.45, 2.75) is 37.3 Å². The van der Waals surface area contributed by atoms with Crippen LogP contribution in [-0.2, 0) is 23.9 Å². The summed E-state index contributed by atoms with van der Waals surface area (Å²) < 4.78 is 8.91. The van der Waals surface area contributed by atoms with Crippen LogP contribution in [-0.4, -0.2) is 69.7 Å². The van der Waals surface area contributed by atoms with Gasteiger partial charge < -0.3 is 34.7 Å². The summed E-state index contributed by atoms with van der Waals surface area (Å²) >= 11 is 0. The van der Waals surface area contributed by atoms with Gasteiger partial charge in [0.05, 0.1) is 19.1 Å². The van der Waals surface area contributed by atoms with Crippen molar-refractivity contribution in [3.8, 4) is 0 Å². The molecule has 0 saturated carbocycles. The first-order chi connectivity index (χ1) is 9.83. The average Bonchev–Trinajstić information content (AvgIpc) is 2.48. The molecule has 0 bridgehead atoms. The van der Waals surface area contributed by atoms with Gasteiger partial charge in [0.1, 0.15) is 31.0 Å². The highest BCUT2D eigenvalue weighted by Gasteiger charge is 2.30. The number of esters is 2. The summed E-state index contributed by atoms with van der Waals surface area (Å²) in [6.07, 6.45) is -7.06. The fourth-order valence-electron chi connectivity index (χ4n) is 1.22. The van der Waals surface area contributed by atoms with E-state index in [1.165, 1.54) is 0 Å². The third-order valence-electron chi connectivity index (χ3n) is 2.40. The molecular formula is C12H18O9. The molecule has 9 nitrogen and oxygen atoms in total. The molecule has 0 aliphatic heterocycles. The van der Waals surface area contributed by atoms with Crippen LogP contribution in [0.3, 0.4) is 0 Å². The zero-order valence-electron chi connectivity index (χ0n) is 11.1. The lowest BCUT2D eigenvalue weighted by molar-refractivity contribution is -0.157. The molecule has 0 spiro atoms. The highest BCUT2D eigenvalue weighted by Crippen LogP contribution is 2.05. The van der Waals surface area contributed by atoms with E-state index in [0.29, 0.717) is 0 Å². The fourth-order valence-corrected chi connectivity index (χ4v) is 1.22. The first kappa shape index (κ1) is 19.2. The second-order valence-electron chi connectivity index (χ2n) is 4.01. The topological polar surface area (TPSA) is 151 Å². The molecule has 0 aromatic rings. The van der Waals surface area contributed by atoms with E-state index in [2.05, 4.69) is 16.1 Å². The van der Waals surface area contributed by atoms with Crippen LogP contribution in [0.2, 0.25) is 0 Å². The minimum Gasteiger partial charge on any atom is -0.463 e. The van der Waals surface area contributed by atoms with E-state index in [-0.39, 0.29) is 19.1 Å². The molecular weight excluding hydrogens is 288 g/mol. The van der Waals surface area contributed by atoms with Gasteiger partial charge in [-0.05, 0) is 0 Å². The van der Waals surface area contributed by atoms with Gasteiger partial charge in [-0.1, -0.05) is 6.58 Å². The fraction of sp³-hybridized carbons (Fsp3) is 0.583. The molecule has 0 aliphatic carbocycles. The Morgan fingerprint density at radius 2 is 1.62 bits per heavy atom. The Morgan fingerprint density at radius 3 is 2.14 bits per heavy atom. The number of rotatable bonds is 10. The van der Waals surface area contributed by atoms with E-state index >= 15 is 0 Å². The molecule has 4 N–H and O–H groups in total. The summed E-state index contributed by atoms with van der Waals surface area (Å²) in [7, 11) is 0. The van der Waals surface area contributed by atoms with E-state index in [9.17, 15) is 29.7 Å². The number of aliphatic hydroxyl groups is 4. The van der Waals surface area contributed by atoms with Gasteiger partial charge in [-0.25, -0.2) is 0 Å². The molecule has 4 atom stereocenters. The predicted octanol–water partition coefficient (Wildman–Crippen LogP) is -2.36. The van der Waals surface area contributed by atoms with E-state index in [1.54, 1.807) is 0 Å². The first-order valence-corrected chi connectivity index (χ1v) is 5.97. The summed E-state index contributed by atoms with van der Waals surface area (Å²) in [5.41, 5.74) is 0. The highest BCUT2D eigenvalue weighted by atomic mass is 16.5. The zero-order chi connectivity index (χ0) is 16.4. The van der Waals surface area contributed by atoms with Crippen molar-refractivity contribution in [3.63, 3.8) is 0 Å². The monoisotopic (exact) mass is 306 g/mol. The van der Waals surface area contributed by atoms with E-state index in [4.69, 9.17) is 5.11 Å². The highest BCUT2D eigenvalue weighted by molar-refractivity contribution is 5.77. The molecule has 0 saturated heterocycles. The zero-order valence-corrected chi connectivity index (χ0v) is 11.1. The molecule has 0 radical (unpaired) electrons.